The van der Waals surface area contributed by atoms with Gasteiger partial charge in [0.05, 0.1) is 15.5 Å². The van der Waals surface area contributed by atoms with Gasteiger partial charge in [-0.15, -0.1) is 0 Å². The summed E-state index contributed by atoms with van der Waals surface area (Å²) in [6.07, 6.45) is -10.7. The zero-order valence-electron chi connectivity index (χ0n) is 15.4. The molecule has 0 aromatic heterocycles. The minimum absolute atomic E-state index is 0.207. The Labute approximate surface area is 178 Å². The van der Waals surface area contributed by atoms with Gasteiger partial charge in [-0.25, -0.2) is 4.79 Å². The van der Waals surface area contributed by atoms with Crippen LogP contribution in [0, 0.1) is 10.1 Å². The summed E-state index contributed by atoms with van der Waals surface area (Å²) in [5.41, 5.74) is -2.25. The summed E-state index contributed by atoms with van der Waals surface area (Å²) < 4.78 is 104. The number of hydrogen-bond donors (Lipinski definition) is 0. The van der Waals surface area contributed by atoms with Crippen molar-refractivity contribution in [3.05, 3.63) is 57.1 Å². The molecular formula is C17H9ClF7NO6. The lowest BCUT2D eigenvalue weighted by molar-refractivity contribution is -0.386. The van der Waals surface area contributed by atoms with Crippen LogP contribution in [0.1, 0.15) is 5.56 Å². The summed E-state index contributed by atoms with van der Waals surface area (Å²) in [4.78, 5) is 21.6. The molecule has 0 heterocycles. The average molecular weight is 492 g/mol. The second kappa shape index (κ2) is 8.78. The molecule has 32 heavy (non-hydrogen) atoms. The lowest BCUT2D eigenvalue weighted by atomic mass is 10.2. The van der Waals surface area contributed by atoms with Gasteiger partial charge >= 0.3 is 29.9 Å². The van der Waals surface area contributed by atoms with Crippen molar-refractivity contribution in [2.75, 3.05) is 7.11 Å². The van der Waals surface area contributed by atoms with Gasteiger partial charge in [0, 0.05) is 19.2 Å². The normalized spacial score (nSPS) is 13.9. The standard InChI is InChI=1S/C17H9ClF7NO6/c1-30-15(19,17(23,24)25)14(27)32-13-7-9(3-5-11(13)26(28)29)31-12-6-8(16(20,21)22)2-4-10(12)18/h2-7H,1H3/t15-/m0/s1. The van der Waals surface area contributed by atoms with E-state index in [-0.39, 0.29) is 12.1 Å². The molecule has 0 aliphatic heterocycles. The Balaban J connectivity index is 2.45. The van der Waals surface area contributed by atoms with Gasteiger partial charge in [0.25, 0.3) is 0 Å². The number of nitro benzene ring substituents is 1. The molecule has 0 bridgehead atoms. The van der Waals surface area contributed by atoms with Crippen LogP contribution in [0.3, 0.4) is 0 Å². The van der Waals surface area contributed by atoms with Crippen molar-refractivity contribution in [1.82, 2.24) is 0 Å². The Bertz CT molecular complexity index is 1040. The minimum atomic E-state index is -5.90. The van der Waals surface area contributed by atoms with Crippen LogP contribution in [0.5, 0.6) is 17.2 Å². The molecule has 174 valence electrons. The highest BCUT2D eigenvalue weighted by molar-refractivity contribution is 6.32. The number of carbonyl (C=O) groups excluding carboxylic acids is 1. The molecule has 0 unspecified atom stereocenters. The molecule has 15 heteroatoms. The Morgan fingerprint density at radius 1 is 1.00 bits per heavy atom. The summed E-state index contributed by atoms with van der Waals surface area (Å²) in [5, 5.41) is 10.8. The number of nitrogens with zero attached hydrogens (tertiary/aromatic N) is 1. The van der Waals surface area contributed by atoms with E-state index in [1.54, 1.807) is 0 Å². The molecule has 0 saturated carbocycles. The fraction of sp³-hybridized carbons (Fsp3) is 0.235. The highest BCUT2D eigenvalue weighted by atomic mass is 35.5. The van der Waals surface area contributed by atoms with E-state index < -0.39 is 57.6 Å². The van der Waals surface area contributed by atoms with Crippen molar-refractivity contribution in [2.45, 2.75) is 18.2 Å². The first-order valence-corrected chi connectivity index (χ1v) is 8.34. The maximum Gasteiger partial charge on any atom is 0.460 e. The van der Waals surface area contributed by atoms with Crippen molar-refractivity contribution >= 4 is 23.3 Å². The molecule has 0 N–H and O–H groups in total. The van der Waals surface area contributed by atoms with Crippen molar-refractivity contribution in [3.63, 3.8) is 0 Å². The average Bonchev–Trinajstić information content (AvgIpc) is 2.67. The first-order chi connectivity index (χ1) is 14.6. The number of nitro groups is 1. The molecule has 2 aromatic carbocycles. The molecule has 0 aliphatic carbocycles. The van der Waals surface area contributed by atoms with E-state index in [1.807, 2.05) is 0 Å². The number of benzene rings is 2. The summed E-state index contributed by atoms with van der Waals surface area (Å²) in [6, 6.07) is 3.87. The van der Waals surface area contributed by atoms with E-state index in [0.29, 0.717) is 24.3 Å². The van der Waals surface area contributed by atoms with Gasteiger partial charge in [0.2, 0.25) is 5.75 Å². The number of esters is 1. The van der Waals surface area contributed by atoms with Gasteiger partial charge in [0.15, 0.2) is 0 Å². The summed E-state index contributed by atoms with van der Waals surface area (Å²) >= 11 is 5.75. The molecule has 0 amide bonds. The van der Waals surface area contributed by atoms with Gasteiger partial charge < -0.3 is 14.2 Å². The SMILES string of the molecule is CO[C@@](F)(C(=O)Oc1cc(Oc2cc(C(F)(F)F)ccc2Cl)ccc1[N+](=O)[O-])C(F)(F)F. The van der Waals surface area contributed by atoms with Gasteiger partial charge in [-0.05, 0) is 24.3 Å². The summed E-state index contributed by atoms with van der Waals surface area (Å²) in [5.74, 6) is -9.97. The van der Waals surface area contributed by atoms with Gasteiger partial charge in [-0.2, -0.15) is 30.7 Å². The lowest BCUT2D eigenvalue weighted by Crippen LogP contribution is -2.51. The third-order valence-corrected chi connectivity index (χ3v) is 4.04. The highest BCUT2D eigenvalue weighted by Crippen LogP contribution is 2.41. The number of rotatable bonds is 6. The molecule has 2 rings (SSSR count). The zero-order chi connectivity index (χ0) is 24.5. The summed E-state index contributed by atoms with van der Waals surface area (Å²) in [6.45, 7) is 0. The second-order valence-corrected chi connectivity index (χ2v) is 6.23. The van der Waals surface area contributed by atoms with Gasteiger partial charge in [-0.3, -0.25) is 10.1 Å². The molecule has 7 nitrogen and oxygen atoms in total. The van der Waals surface area contributed by atoms with Crippen molar-refractivity contribution in [2.24, 2.45) is 0 Å². The van der Waals surface area contributed by atoms with E-state index in [2.05, 4.69) is 9.47 Å². The molecule has 2 aromatic rings. The monoisotopic (exact) mass is 491 g/mol. The number of halogens is 8. The first-order valence-electron chi connectivity index (χ1n) is 7.96. The largest absolute Gasteiger partial charge is 0.460 e. The van der Waals surface area contributed by atoms with Crippen LogP contribution >= 0.6 is 11.6 Å². The van der Waals surface area contributed by atoms with Crippen LogP contribution < -0.4 is 9.47 Å². The fourth-order valence-electron chi connectivity index (χ4n) is 2.16. The third kappa shape index (κ3) is 5.19. The van der Waals surface area contributed by atoms with Crippen LogP contribution in [0.4, 0.5) is 36.4 Å². The molecular weight excluding hydrogens is 483 g/mol. The molecule has 0 radical (unpaired) electrons. The van der Waals surface area contributed by atoms with Crippen molar-refractivity contribution in [1.29, 1.82) is 0 Å². The van der Waals surface area contributed by atoms with Crippen LogP contribution in [-0.4, -0.2) is 30.0 Å². The smallest absolute Gasteiger partial charge is 0.456 e. The van der Waals surface area contributed by atoms with Gasteiger partial charge in [0.1, 0.15) is 11.5 Å². The van der Waals surface area contributed by atoms with Crippen molar-refractivity contribution in [3.8, 4) is 17.2 Å². The van der Waals surface area contributed by atoms with E-state index >= 15 is 0 Å². The maximum absolute atomic E-state index is 13.9. The van der Waals surface area contributed by atoms with Crippen LogP contribution in [0.25, 0.3) is 0 Å². The second-order valence-electron chi connectivity index (χ2n) is 5.82. The van der Waals surface area contributed by atoms with Crippen LogP contribution in [0.2, 0.25) is 5.02 Å². The molecule has 1 atom stereocenters. The minimum Gasteiger partial charge on any atom is -0.456 e. The fourth-order valence-corrected chi connectivity index (χ4v) is 2.31. The molecule has 0 spiro atoms. The predicted octanol–water partition coefficient (Wildman–Crippen LogP) is 5.84. The molecule has 0 aliphatic rings. The number of ether oxygens (including phenoxy) is 3. The number of methoxy groups -OCH3 is 1. The first kappa shape index (κ1) is 25.1. The molecule has 0 fully saturated rings. The van der Waals surface area contributed by atoms with Crippen LogP contribution in [0.15, 0.2) is 36.4 Å². The lowest BCUT2D eigenvalue weighted by Gasteiger charge is -2.23. The topological polar surface area (TPSA) is 87.9 Å². The Morgan fingerprint density at radius 2 is 1.62 bits per heavy atom. The van der Waals surface area contributed by atoms with E-state index in [0.717, 1.165) is 12.1 Å². The van der Waals surface area contributed by atoms with Crippen LogP contribution in [-0.2, 0) is 15.7 Å². The van der Waals surface area contributed by atoms with E-state index in [1.165, 1.54) is 0 Å². The van der Waals surface area contributed by atoms with Crippen molar-refractivity contribution < 1.29 is 54.7 Å². The maximum atomic E-state index is 13.9. The highest BCUT2D eigenvalue weighted by Gasteiger charge is 2.65. The summed E-state index contributed by atoms with van der Waals surface area (Å²) in [7, 11) is 0.207. The van der Waals surface area contributed by atoms with E-state index in [9.17, 15) is 45.6 Å². The number of alkyl halides is 7. The number of carbonyl (C=O) groups is 1. The Morgan fingerprint density at radius 3 is 2.12 bits per heavy atom. The van der Waals surface area contributed by atoms with E-state index in [4.69, 9.17) is 16.3 Å². The quantitative estimate of drug-likeness (QED) is 0.166. The molecule has 0 saturated heterocycles. The number of hydrogen-bond acceptors (Lipinski definition) is 6. The Hall–Kier alpha value is -3.13. The predicted molar refractivity (Wildman–Crippen MR) is 92.2 cm³/mol. The van der Waals surface area contributed by atoms with Gasteiger partial charge in [-0.1, -0.05) is 11.6 Å². The third-order valence-electron chi connectivity index (χ3n) is 3.73. The zero-order valence-corrected chi connectivity index (χ0v) is 16.1. The Kier molecular flexibility index (Phi) is 6.90.